The summed E-state index contributed by atoms with van der Waals surface area (Å²) in [4.78, 5) is 11.1. The summed E-state index contributed by atoms with van der Waals surface area (Å²) in [6.45, 7) is 0. The Morgan fingerprint density at radius 3 is 2.20 bits per heavy atom. The van der Waals surface area contributed by atoms with E-state index >= 15 is 0 Å². The minimum atomic E-state index is -1.51. The quantitative estimate of drug-likeness (QED) is 0.756. The number of aromatic carboxylic acids is 1. The third-order valence-electron chi connectivity index (χ3n) is 2.63. The van der Waals surface area contributed by atoms with Crippen LogP contribution in [0.2, 0.25) is 0 Å². The molecular formula is C13H9F3N2O2. The van der Waals surface area contributed by atoms with Crippen LogP contribution >= 0.6 is 0 Å². The van der Waals surface area contributed by atoms with Gasteiger partial charge in [-0.2, -0.15) is 0 Å². The number of halogens is 3. The summed E-state index contributed by atoms with van der Waals surface area (Å²) in [5.74, 6) is -4.27. The lowest BCUT2D eigenvalue weighted by atomic mass is 10.1. The van der Waals surface area contributed by atoms with Crippen LogP contribution in [0.1, 0.15) is 10.4 Å². The molecule has 0 spiro atoms. The van der Waals surface area contributed by atoms with Crippen molar-refractivity contribution in [2.45, 2.75) is 0 Å². The molecule has 2 aromatic rings. The summed E-state index contributed by atoms with van der Waals surface area (Å²) >= 11 is 0. The number of hydrogen-bond donors (Lipinski definition) is 3. The number of carboxylic acids is 1. The van der Waals surface area contributed by atoms with Crippen LogP contribution in [0, 0.1) is 17.5 Å². The third-order valence-corrected chi connectivity index (χ3v) is 2.63. The highest BCUT2D eigenvalue weighted by Gasteiger charge is 2.19. The van der Waals surface area contributed by atoms with Crippen molar-refractivity contribution >= 4 is 23.0 Å². The van der Waals surface area contributed by atoms with Crippen LogP contribution in [0.3, 0.4) is 0 Å². The second-order valence-corrected chi connectivity index (χ2v) is 3.91. The fourth-order valence-corrected chi connectivity index (χ4v) is 1.68. The van der Waals surface area contributed by atoms with Gasteiger partial charge < -0.3 is 16.2 Å². The lowest BCUT2D eigenvalue weighted by molar-refractivity contribution is 0.0698. The molecule has 0 heterocycles. The number of para-hydroxylation sites is 1. The van der Waals surface area contributed by atoms with Gasteiger partial charge in [0, 0.05) is 0 Å². The van der Waals surface area contributed by atoms with Gasteiger partial charge in [-0.15, -0.1) is 0 Å². The minimum Gasteiger partial charge on any atom is -0.478 e. The molecule has 0 aliphatic rings. The van der Waals surface area contributed by atoms with Crippen molar-refractivity contribution in [2.75, 3.05) is 11.1 Å². The SMILES string of the molecule is Nc1c(F)ccc(Nc2c(F)cccc2F)c1C(=O)O. The second-order valence-electron chi connectivity index (χ2n) is 3.91. The lowest BCUT2D eigenvalue weighted by Crippen LogP contribution is -2.09. The number of nitrogens with one attached hydrogen (secondary N) is 1. The maximum Gasteiger partial charge on any atom is 0.340 e. The Morgan fingerprint density at radius 2 is 1.65 bits per heavy atom. The molecular weight excluding hydrogens is 273 g/mol. The molecule has 104 valence electrons. The zero-order valence-corrected chi connectivity index (χ0v) is 9.95. The van der Waals surface area contributed by atoms with E-state index in [9.17, 15) is 18.0 Å². The molecule has 0 amide bonds. The highest BCUT2D eigenvalue weighted by molar-refractivity contribution is 6.00. The Hall–Kier alpha value is -2.70. The zero-order valence-electron chi connectivity index (χ0n) is 9.95. The molecule has 0 atom stereocenters. The molecule has 0 saturated heterocycles. The van der Waals surface area contributed by atoms with Crippen molar-refractivity contribution in [1.82, 2.24) is 0 Å². The summed E-state index contributed by atoms with van der Waals surface area (Å²) in [5, 5.41) is 11.3. The average Bonchev–Trinajstić information content (AvgIpc) is 2.37. The second kappa shape index (κ2) is 5.12. The van der Waals surface area contributed by atoms with Gasteiger partial charge in [-0.25, -0.2) is 18.0 Å². The maximum atomic E-state index is 13.5. The number of carbonyl (C=O) groups is 1. The van der Waals surface area contributed by atoms with Gasteiger partial charge in [0.15, 0.2) is 0 Å². The maximum absolute atomic E-state index is 13.5. The first kappa shape index (κ1) is 13.7. The number of benzene rings is 2. The molecule has 0 fully saturated rings. The van der Waals surface area contributed by atoms with Crippen LogP contribution < -0.4 is 11.1 Å². The number of anilines is 3. The number of hydrogen-bond acceptors (Lipinski definition) is 3. The van der Waals surface area contributed by atoms with Crippen LogP contribution in [-0.4, -0.2) is 11.1 Å². The fraction of sp³-hybridized carbons (Fsp3) is 0. The topological polar surface area (TPSA) is 75.3 Å². The smallest absolute Gasteiger partial charge is 0.340 e. The first-order valence-electron chi connectivity index (χ1n) is 5.44. The highest BCUT2D eigenvalue weighted by Crippen LogP contribution is 2.30. The van der Waals surface area contributed by atoms with Crippen molar-refractivity contribution in [1.29, 1.82) is 0 Å². The number of carboxylic acid groups (broad SMARTS) is 1. The van der Waals surface area contributed by atoms with E-state index in [0.29, 0.717) is 0 Å². The monoisotopic (exact) mass is 282 g/mol. The Bertz CT molecular complexity index is 669. The van der Waals surface area contributed by atoms with Gasteiger partial charge in [-0.3, -0.25) is 0 Å². The predicted octanol–water partition coefficient (Wildman–Crippen LogP) is 3.13. The Labute approximate surface area is 111 Å². The van der Waals surface area contributed by atoms with Crippen LogP contribution in [0.25, 0.3) is 0 Å². The molecule has 0 aliphatic heterocycles. The molecule has 7 heteroatoms. The van der Waals surface area contributed by atoms with Crippen molar-refractivity contribution in [2.24, 2.45) is 0 Å². The fourth-order valence-electron chi connectivity index (χ4n) is 1.68. The summed E-state index contributed by atoms with van der Waals surface area (Å²) < 4.78 is 40.2. The van der Waals surface area contributed by atoms with Gasteiger partial charge in [0.05, 0.1) is 11.4 Å². The van der Waals surface area contributed by atoms with Gasteiger partial charge in [-0.1, -0.05) is 6.07 Å². The summed E-state index contributed by atoms with van der Waals surface area (Å²) in [6.07, 6.45) is 0. The van der Waals surface area contributed by atoms with Gasteiger partial charge in [0.25, 0.3) is 0 Å². The molecule has 0 aliphatic carbocycles. The molecule has 20 heavy (non-hydrogen) atoms. The van der Waals surface area contributed by atoms with E-state index in [2.05, 4.69) is 5.32 Å². The molecule has 0 radical (unpaired) electrons. The Balaban J connectivity index is 2.55. The van der Waals surface area contributed by atoms with Crippen molar-refractivity contribution in [3.05, 3.63) is 53.3 Å². The summed E-state index contributed by atoms with van der Waals surface area (Å²) in [6, 6.07) is 5.11. The van der Waals surface area contributed by atoms with Crippen LogP contribution in [0.5, 0.6) is 0 Å². The molecule has 0 unspecified atom stereocenters. The first-order valence-corrected chi connectivity index (χ1v) is 5.44. The molecule has 4 N–H and O–H groups in total. The third kappa shape index (κ3) is 2.37. The number of rotatable bonds is 3. The van der Waals surface area contributed by atoms with E-state index in [1.54, 1.807) is 0 Å². The van der Waals surface area contributed by atoms with E-state index < -0.39 is 40.4 Å². The Morgan fingerprint density at radius 1 is 1.05 bits per heavy atom. The molecule has 2 rings (SSSR count). The zero-order chi connectivity index (χ0) is 14.9. The van der Waals surface area contributed by atoms with E-state index in [1.807, 2.05) is 0 Å². The van der Waals surface area contributed by atoms with Gasteiger partial charge in [0.1, 0.15) is 28.7 Å². The molecule has 0 saturated carbocycles. The molecule has 2 aromatic carbocycles. The van der Waals surface area contributed by atoms with Gasteiger partial charge in [-0.05, 0) is 24.3 Å². The minimum absolute atomic E-state index is 0.208. The van der Waals surface area contributed by atoms with E-state index in [4.69, 9.17) is 10.8 Å². The van der Waals surface area contributed by atoms with Crippen molar-refractivity contribution < 1.29 is 23.1 Å². The largest absolute Gasteiger partial charge is 0.478 e. The van der Waals surface area contributed by atoms with E-state index in [0.717, 1.165) is 30.3 Å². The average molecular weight is 282 g/mol. The van der Waals surface area contributed by atoms with E-state index in [-0.39, 0.29) is 5.69 Å². The number of nitrogens with two attached hydrogens (primary N) is 1. The highest BCUT2D eigenvalue weighted by atomic mass is 19.1. The van der Waals surface area contributed by atoms with Crippen LogP contribution in [0.15, 0.2) is 30.3 Å². The molecule has 4 nitrogen and oxygen atoms in total. The normalized spacial score (nSPS) is 10.3. The lowest BCUT2D eigenvalue weighted by Gasteiger charge is -2.13. The van der Waals surface area contributed by atoms with Crippen LogP contribution in [0.4, 0.5) is 30.2 Å². The number of nitrogen functional groups attached to an aromatic ring is 1. The predicted molar refractivity (Wildman–Crippen MR) is 67.4 cm³/mol. The Kier molecular flexibility index (Phi) is 3.51. The van der Waals surface area contributed by atoms with Crippen molar-refractivity contribution in [3.8, 4) is 0 Å². The van der Waals surface area contributed by atoms with Crippen molar-refractivity contribution in [3.63, 3.8) is 0 Å². The van der Waals surface area contributed by atoms with Gasteiger partial charge in [0.2, 0.25) is 0 Å². The van der Waals surface area contributed by atoms with Crippen LogP contribution in [-0.2, 0) is 0 Å². The first-order chi connectivity index (χ1) is 9.41. The summed E-state index contributed by atoms with van der Waals surface area (Å²) in [7, 11) is 0. The summed E-state index contributed by atoms with van der Waals surface area (Å²) in [5.41, 5.74) is 3.38. The standard InChI is InChI=1S/C13H9F3N2O2/c14-6-4-5-9(10(11(6)17)13(19)20)18-12-7(15)2-1-3-8(12)16/h1-5,18H,17H2,(H,19,20). The van der Waals surface area contributed by atoms with E-state index in [1.165, 1.54) is 0 Å². The molecule has 0 aromatic heterocycles. The van der Waals surface area contributed by atoms with Gasteiger partial charge >= 0.3 is 5.97 Å². The molecule has 0 bridgehead atoms.